The zero-order valence-corrected chi connectivity index (χ0v) is 15.2. The SMILES string of the molecule is CC1COCCN1c1ccc(NC(=O)C2CCC2c2ccccc2)cc1. The largest absolute Gasteiger partial charge is 0.377 e. The van der Waals surface area contributed by atoms with Crippen LogP contribution in [0.5, 0.6) is 0 Å². The lowest BCUT2D eigenvalue weighted by Gasteiger charge is -2.36. The fraction of sp³-hybridized carbons (Fsp3) is 0.409. The number of nitrogens with one attached hydrogen (secondary N) is 1. The van der Waals surface area contributed by atoms with Gasteiger partial charge in [-0.2, -0.15) is 0 Å². The van der Waals surface area contributed by atoms with Crippen molar-refractivity contribution in [2.24, 2.45) is 5.92 Å². The van der Waals surface area contributed by atoms with Gasteiger partial charge in [-0.1, -0.05) is 30.3 Å². The van der Waals surface area contributed by atoms with Crippen LogP contribution in [0.3, 0.4) is 0 Å². The fourth-order valence-electron chi connectivity index (χ4n) is 3.99. The number of carbonyl (C=O) groups is 1. The molecule has 0 aromatic heterocycles. The van der Waals surface area contributed by atoms with Crippen molar-refractivity contribution in [3.63, 3.8) is 0 Å². The molecule has 4 heteroatoms. The molecule has 0 bridgehead atoms. The molecule has 136 valence electrons. The van der Waals surface area contributed by atoms with E-state index in [1.807, 2.05) is 30.3 Å². The molecule has 2 aromatic rings. The topological polar surface area (TPSA) is 41.6 Å². The Morgan fingerprint density at radius 2 is 1.85 bits per heavy atom. The van der Waals surface area contributed by atoms with Gasteiger partial charge in [-0.3, -0.25) is 4.79 Å². The molecule has 2 aromatic carbocycles. The van der Waals surface area contributed by atoms with Crippen molar-refractivity contribution in [1.29, 1.82) is 0 Å². The summed E-state index contributed by atoms with van der Waals surface area (Å²) in [5.74, 6) is 0.568. The van der Waals surface area contributed by atoms with Crippen LogP contribution < -0.4 is 10.2 Å². The number of hydrogen-bond donors (Lipinski definition) is 1. The highest BCUT2D eigenvalue weighted by Gasteiger charge is 2.37. The predicted octanol–water partition coefficient (Wildman–Crippen LogP) is 4.04. The molecule has 0 radical (unpaired) electrons. The second-order valence-corrected chi connectivity index (χ2v) is 7.35. The summed E-state index contributed by atoms with van der Waals surface area (Å²) in [6, 6.07) is 18.9. The van der Waals surface area contributed by atoms with Crippen LogP contribution in [0.25, 0.3) is 0 Å². The van der Waals surface area contributed by atoms with Crippen LogP contribution in [-0.4, -0.2) is 31.7 Å². The summed E-state index contributed by atoms with van der Waals surface area (Å²) >= 11 is 0. The van der Waals surface area contributed by atoms with Crippen LogP contribution in [0.15, 0.2) is 54.6 Å². The van der Waals surface area contributed by atoms with E-state index in [2.05, 4.69) is 41.4 Å². The van der Waals surface area contributed by atoms with Crippen LogP contribution in [0, 0.1) is 5.92 Å². The Kier molecular flexibility index (Phi) is 4.93. The molecule has 3 atom stereocenters. The van der Waals surface area contributed by atoms with Crippen molar-refractivity contribution in [3.8, 4) is 0 Å². The molecule has 26 heavy (non-hydrogen) atoms. The Balaban J connectivity index is 1.39. The minimum atomic E-state index is 0.0799. The maximum Gasteiger partial charge on any atom is 0.228 e. The zero-order valence-electron chi connectivity index (χ0n) is 15.2. The molecule has 0 spiro atoms. The standard InChI is InChI=1S/C22H26N2O2/c1-16-15-26-14-13-24(16)19-9-7-18(8-10-19)23-22(25)21-12-11-20(21)17-5-3-2-4-6-17/h2-10,16,20-21H,11-15H2,1H3,(H,23,25). The third-order valence-electron chi connectivity index (χ3n) is 5.67. The van der Waals surface area contributed by atoms with Crippen molar-refractivity contribution in [2.75, 3.05) is 30.0 Å². The van der Waals surface area contributed by atoms with Gasteiger partial charge < -0.3 is 15.0 Å². The molecule has 1 aliphatic carbocycles. The van der Waals surface area contributed by atoms with Crippen LogP contribution in [0.2, 0.25) is 0 Å². The number of morpholine rings is 1. The third kappa shape index (κ3) is 3.47. The third-order valence-corrected chi connectivity index (χ3v) is 5.67. The van der Waals surface area contributed by atoms with Gasteiger partial charge in [0.05, 0.1) is 13.2 Å². The van der Waals surface area contributed by atoms with Crippen molar-refractivity contribution in [2.45, 2.75) is 31.7 Å². The first-order valence-electron chi connectivity index (χ1n) is 9.52. The number of benzene rings is 2. The van der Waals surface area contributed by atoms with Gasteiger partial charge in [-0.05, 0) is 55.5 Å². The summed E-state index contributed by atoms with van der Waals surface area (Å²) in [6.45, 7) is 4.62. The van der Waals surface area contributed by atoms with Crippen LogP contribution >= 0.6 is 0 Å². The van der Waals surface area contributed by atoms with Gasteiger partial charge in [0.25, 0.3) is 0 Å². The normalized spacial score (nSPS) is 25.4. The molecule has 1 aliphatic heterocycles. The average molecular weight is 350 g/mol. The lowest BCUT2D eigenvalue weighted by Crippen LogP contribution is -2.43. The molecule has 1 saturated heterocycles. The Hall–Kier alpha value is -2.33. The lowest BCUT2D eigenvalue weighted by atomic mass is 9.69. The number of rotatable bonds is 4. The molecule has 2 fully saturated rings. The first-order chi connectivity index (χ1) is 12.7. The highest BCUT2D eigenvalue weighted by molar-refractivity contribution is 5.94. The van der Waals surface area contributed by atoms with Gasteiger partial charge in [0.15, 0.2) is 0 Å². The number of amides is 1. The molecular formula is C22H26N2O2. The summed E-state index contributed by atoms with van der Waals surface area (Å²) < 4.78 is 5.50. The van der Waals surface area contributed by atoms with Gasteiger partial charge >= 0.3 is 0 Å². The monoisotopic (exact) mass is 350 g/mol. The molecule has 1 amide bonds. The first-order valence-corrected chi connectivity index (χ1v) is 9.52. The number of hydrogen-bond acceptors (Lipinski definition) is 3. The molecule has 3 unspecified atom stereocenters. The smallest absolute Gasteiger partial charge is 0.228 e. The second-order valence-electron chi connectivity index (χ2n) is 7.35. The maximum atomic E-state index is 12.7. The Morgan fingerprint density at radius 3 is 2.50 bits per heavy atom. The van der Waals surface area contributed by atoms with E-state index < -0.39 is 0 Å². The first kappa shape index (κ1) is 17.1. The Labute approximate surface area is 155 Å². The highest BCUT2D eigenvalue weighted by atomic mass is 16.5. The number of anilines is 2. The number of ether oxygens (including phenoxy) is 1. The van der Waals surface area contributed by atoms with E-state index in [4.69, 9.17) is 4.74 Å². The summed E-state index contributed by atoms with van der Waals surface area (Å²) in [5, 5.41) is 3.10. The van der Waals surface area contributed by atoms with Crippen LogP contribution in [0.4, 0.5) is 11.4 Å². The van der Waals surface area contributed by atoms with Crippen LogP contribution in [-0.2, 0) is 9.53 Å². The fourth-order valence-corrected chi connectivity index (χ4v) is 3.99. The minimum Gasteiger partial charge on any atom is -0.377 e. The zero-order chi connectivity index (χ0) is 17.9. The van der Waals surface area contributed by atoms with Crippen molar-refractivity contribution in [1.82, 2.24) is 0 Å². The van der Waals surface area contributed by atoms with Crippen molar-refractivity contribution in [3.05, 3.63) is 60.2 Å². The molecule has 2 aliphatic rings. The van der Waals surface area contributed by atoms with Gasteiger partial charge in [-0.15, -0.1) is 0 Å². The predicted molar refractivity (Wildman–Crippen MR) is 105 cm³/mol. The van der Waals surface area contributed by atoms with Gasteiger partial charge in [0, 0.05) is 29.9 Å². The summed E-state index contributed by atoms with van der Waals surface area (Å²) in [7, 11) is 0. The number of carbonyl (C=O) groups excluding carboxylic acids is 1. The van der Waals surface area contributed by atoms with Gasteiger partial charge in [-0.25, -0.2) is 0 Å². The Morgan fingerprint density at radius 1 is 1.08 bits per heavy atom. The number of nitrogens with zero attached hydrogens (tertiary/aromatic N) is 1. The van der Waals surface area contributed by atoms with E-state index in [0.717, 1.165) is 38.3 Å². The van der Waals surface area contributed by atoms with E-state index in [1.54, 1.807) is 0 Å². The summed E-state index contributed by atoms with van der Waals surface area (Å²) in [6.07, 6.45) is 2.06. The molecular weight excluding hydrogens is 324 g/mol. The molecule has 1 N–H and O–H groups in total. The quantitative estimate of drug-likeness (QED) is 0.905. The van der Waals surface area contributed by atoms with E-state index in [9.17, 15) is 4.79 Å². The van der Waals surface area contributed by atoms with E-state index in [1.165, 1.54) is 11.3 Å². The second kappa shape index (κ2) is 7.50. The Bertz CT molecular complexity index is 744. The van der Waals surface area contributed by atoms with E-state index in [0.29, 0.717) is 12.0 Å². The average Bonchev–Trinajstić information content (AvgIpc) is 2.63. The molecule has 4 nitrogen and oxygen atoms in total. The van der Waals surface area contributed by atoms with Crippen LogP contribution in [0.1, 0.15) is 31.2 Å². The highest BCUT2D eigenvalue weighted by Crippen LogP contribution is 2.43. The van der Waals surface area contributed by atoms with Gasteiger partial charge in [0.2, 0.25) is 5.91 Å². The maximum absolute atomic E-state index is 12.7. The van der Waals surface area contributed by atoms with Crippen molar-refractivity contribution < 1.29 is 9.53 Å². The van der Waals surface area contributed by atoms with Crippen molar-refractivity contribution >= 4 is 17.3 Å². The lowest BCUT2D eigenvalue weighted by molar-refractivity contribution is -0.123. The summed E-state index contributed by atoms with van der Waals surface area (Å²) in [5.41, 5.74) is 3.33. The van der Waals surface area contributed by atoms with E-state index >= 15 is 0 Å². The molecule has 1 saturated carbocycles. The summed E-state index contributed by atoms with van der Waals surface area (Å²) in [4.78, 5) is 15.0. The van der Waals surface area contributed by atoms with E-state index in [-0.39, 0.29) is 11.8 Å². The minimum absolute atomic E-state index is 0.0799. The van der Waals surface area contributed by atoms with Gasteiger partial charge in [0.1, 0.15) is 0 Å². The molecule has 4 rings (SSSR count). The molecule has 1 heterocycles.